The van der Waals surface area contributed by atoms with Crippen molar-refractivity contribution in [3.05, 3.63) is 22.7 Å². The molecule has 2 aliphatic heterocycles. The number of rotatable bonds is 2. The standard InChI is InChI=1S/C12H15BrN4O3S/c13-10-5-8(14)1-2-11(10)21(19,20)16-3-4-17-9(7-16)6-15-12(17)18/h1-2,5,9H,3-4,6-7,14H2,(H,15,18). The number of anilines is 1. The molecule has 114 valence electrons. The predicted molar refractivity (Wildman–Crippen MR) is 81.2 cm³/mol. The summed E-state index contributed by atoms with van der Waals surface area (Å²) in [5.74, 6) is 0. The van der Waals surface area contributed by atoms with Crippen LogP contribution in [-0.2, 0) is 10.0 Å². The third kappa shape index (κ3) is 2.49. The number of hydrogen-bond donors (Lipinski definition) is 2. The summed E-state index contributed by atoms with van der Waals surface area (Å²) in [5, 5.41) is 2.73. The molecule has 21 heavy (non-hydrogen) atoms. The number of nitrogens with two attached hydrogens (primary N) is 1. The van der Waals surface area contributed by atoms with E-state index in [1.165, 1.54) is 10.4 Å². The largest absolute Gasteiger partial charge is 0.399 e. The maximum atomic E-state index is 12.7. The van der Waals surface area contributed by atoms with Gasteiger partial charge in [0.05, 0.1) is 10.9 Å². The lowest BCUT2D eigenvalue weighted by molar-refractivity contribution is 0.164. The normalized spacial score (nSPS) is 23.0. The Morgan fingerprint density at radius 1 is 1.33 bits per heavy atom. The molecule has 9 heteroatoms. The molecule has 2 saturated heterocycles. The molecule has 0 spiro atoms. The van der Waals surface area contributed by atoms with E-state index in [-0.39, 0.29) is 17.0 Å². The molecule has 0 bridgehead atoms. The van der Waals surface area contributed by atoms with E-state index in [9.17, 15) is 13.2 Å². The van der Waals surface area contributed by atoms with Gasteiger partial charge in [0.1, 0.15) is 0 Å². The van der Waals surface area contributed by atoms with E-state index < -0.39 is 10.0 Å². The maximum absolute atomic E-state index is 12.7. The Morgan fingerprint density at radius 3 is 2.81 bits per heavy atom. The Labute approximate surface area is 131 Å². The molecule has 1 aromatic rings. The highest BCUT2D eigenvalue weighted by Crippen LogP contribution is 2.28. The quantitative estimate of drug-likeness (QED) is 0.733. The zero-order chi connectivity index (χ0) is 15.2. The Balaban J connectivity index is 1.87. The van der Waals surface area contributed by atoms with Crippen molar-refractivity contribution in [1.82, 2.24) is 14.5 Å². The van der Waals surface area contributed by atoms with Crippen LogP contribution in [0, 0.1) is 0 Å². The summed E-state index contributed by atoms with van der Waals surface area (Å²) in [7, 11) is -3.60. The summed E-state index contributed by atoms with van der Waals surface area (Å²) >= 11 is 3.25. The first-order valence-electron chi connectivity index (χ1n) is 6.49. The second kappa shape index (κ2) is 5.15. The number of piperazine rings is 1. The molecule has 1 aromatic carbocycles. The summed E-state index contributed by atoms with van der Waals surface area (Å²) in [5.41, 5.74) is 6.14. The van der Waals surface area contributed by atoms with Crippen molar-refractivity contribution < 1.29 is 13.2 Å². The first-order chi connectivity index (χ1) is 9.89. The molecule has 0 aromatic heterocycles. The molecule has 3 rings (SSSR count). The molecule has 0 saturated carbocycles. The lowest BCUT2D eigenvalue weighted by atomic mass is 10.2. The fourth-order valence-electron chi connectivity index (χ4n) is 2.66. The van der Waals surface area contributed by atoms with Crippen LogP contribution in [0.2, 0.25) is 0 Å². The van der Waals surface area contributed by atoms with Gasteiger partial charge in [0.15, 0.2) is 0 Å². The van der Waals surface area contributed by atoms with Crippen molar-refractivity contribution >= 4 is 37.7 Å². The summed E-state index contributed by atoms with van der Waals surface area (Å²) in [4.78, 5) is 13.4. The Kier molecular flexibility index (Phi) is 3.58. The Morgan fingerprint density at radius 2 is 2.10 bits per heavy atom. The van der Waals surface area contributed by atoms with E-state index in [2.05, 4.69) is 21.2 Å². The van der Waals surface area contributed by atoms with E-state index in [0.29, 0.717) is 36.3 Å². The Hall–Kier alpha value is -1.32. The number of urea groups is 1. The summed E-state index contributed by atoms with van der Waals surface area (Å²) in [6.45, 7) is 1.48. The van der Waals surface area contributed by atoms with E-state index in [1.54, 1.807) is 17.0 Å². The van der Waals surface area contributed by atoms with Crippen LogP contribution in [0.25, 0.3) is 0 Å². The molecule has 0 aliphatic carbocycles. The number of hydrogen-bond acceptors (Lipinski definition) is 4. The smallest absolute Gasteiger partial charge is 0.317 e. The molecular formula is C12H15BrN4O3S. The number of fused-ring (bicyclic) bond motifs is 1. The van der Waals surface area contributed by atoms with Gasteiger partial charge in [-0.1, -0.05) is 0 Å². The number of benzene rings is 1. The lowest BCUT2D eigenvalue weighted by Crippen LogP contribution is -2.53. The van der Waals surface area contributed by atoms with Crippen LogP contribution in [0.15, 0.2) is 27.6 Å². The van der Waals surface area contributed by atoms with Crippen LogP contribution in [0.5, 0.6) is 0 Å². The number of amides is 2. The molecule has 2 fully saturated rings. The summed E-state index contributed by atoms with van der Waals surface area (Å²) in [6.07, 6.45) is 0. The van der Waals surface area contributed by atoms with Crippen molar-refractivity contribution in [3.63, 3.8) is 0 Å². The third-order valence-electron chi connectivity index (χ3n) is 3.77. The third-order valence-corrected chi connectivity index (χ3v) is 6.61. The predicted octanol–water partition coefficient (Wildman–Crippen LogP) is 0.429. The zero-order valence-corrected chi connectivity index (χ0v) is 13.5. The highest BCUT2D eigenvalue weighted by atomic mass is 79.9. The van der Waals surface area contributed by atoms with Gasteiger partial charge in [-0.05, 0) is 34.1 Å². The fourth-order valence-corrected chi connectivity index (χ4v) is 5.18. The minimum atomic E-state index is -3.60. The molecule has 2 amide bonds. The van der Waals surface area contributed by atoms with Crippen molar-refractivity contribution in [1.29, 1.82) is 0 Å². The highest BCUT2D eigenvalue weighted by Gasteiger charge is 2.40. The number of nitrogens with one attached hydrogen (secondary N) is 1. The van der Waals surface area contributed by atoms with Gasteiger partial charge in [-0.2, -0.15) is 4.31 Å². The summed E-state index contributed by atoms with van der Waals surface area (Å²) in [6, 6.07) is 4.41. The second-order valence-electron chi connectivity index (χ2n) is 5.09. The molecule has 0 radical (unpaired) electrons. The van der Waals surface area contributed by atoms with E-state index in [4.69, 9.17) is 5.73 Å². The van der Waals surface area contributed by atoms with Crippen LogP contribution in [0.4, 0.5) is 10.5 Å². The van der Waals surface area contributed by atoms with Gasteiger partial charge in [-0.3, -0.25) is 0 Å². The minimum Gasteiger partial charge on any atom is -0.399 e. The fraction of sp³-hybridized carbons (Fsp3) is 0.417. The van der Waals surface area contributed by atoms with Crippen molar-refractivity contribution in [3.8, 4) is 0 Å². The molecule has 2 heterocycles. The van der Waals surface area contributed by atoms with Crippen LogP contribution >= 0.6 is 15.9 Å². The second-order valence-corrected chi connectivity index (χ2v) is 7.85. The van der Waals surface area contributed by atoms with Gasteiger partial charge < -0.3 is 16.0 Å². The van der Waals surface area contributed by atoms with Gasteiger partial charge in [0, 0.05) is 36.3 Å². The number of carbonyl (C=O) groups excluding carboxylic acids is 1. The van der Waals surface area contributed by atoms with Crippen LogP contribution in [0.1, 0.15) is 0 Å². The monoisotopic (exact) mass is 374 g/mol. The SMILES string of the molecule is Nc1ccc(S(=O)(=O)N2CCN3C(=O)NCC3C2)c(Br)c1. The lowest BCUT2D eigenvalue weighted by Gasteiger charge is -2.35. The molecular weight excluding hydrogens is 360 g/mol. The van der Waals surface area contributed by atoms with Crippen molar-refractivity contribution in [2.75, 3.05) is 31.9 Å². The van der Waals surface area contributed by atoms with Gasteiger partial charge in [-0.15, -0.1) is 0 Å². The topological polar surface area (TPSA) is 95.7 Å². The molecule has 2 aliphatic rings. The average Bonchev–Trinajstić information content (AvgIpc) is 2.79. The van der Waals surface area contributed by atoms with E-state index in [0.717, 1.165) is 0 Å². The van der Waals surface area contributed by atoms with E-state index in [1.807, 2.05) is 0 Å². The van der Waals surface area contributed by atoms with Crippen molar-refractivity contribution in [2.24, 2.45) is 0 Å². The highest BCUT2D eigenvalue weighted by molar-refractivity contribution is 9.10. The molecule has 1 unspecified atom stereocenters. The number of carbonyl (C=O) groups is 1. The van der Waals surface area contributed by atoms with Gasteiger partial charge in [-0.25, -0.2) is 13.2 Å². The number of sulfonamides is 1. The number of nitrogen functional groups attached to an aromatic ring is 1. The molecule has 3 N–H and O–H groups in total. The van der Waals surface area contributed by atoms with Crippen molar-refractivity contribution in [2.45, 2.75) is 10.9 Å². The van der Waals surface area contributed by atoms with Gasteiger partial charge in [0.2, 0.25) is 10.0 Å². The maximum Gasteiger partial charge on any atom is 0.317 e. The van der Waals surface area contributed by atoms with Crippen LogP contribution in [-0.4, -0.2) is 55.9 Å². The first-order valence-corrected chi connectivity index (χ1v) is 8.72. The average molecular weight is 375 g/mol. The van der Waals surface area contributed by atoms with Gasteiger partial charge >= 0.3 is 6.03 Å². The Bertz CT molecular complexity index is 694. The minimum absolute atomic E-state index is 0.103. The molecule has 1 atom stereocenters. The summed E-state index contributed by atoms with van der Waals surface area (Å²) < 4.78 is 27.3. The number of nitrogens with zero attached hydrogens (tertiary/aromatic N) is 2. The first kappa shape index (κ1) is 14.6. The van der Waals surface area contributed by atoms with Gasteiger partial charge in [0.25, 0.3) is 0 Å². The number of halogens is 1. The van der Waals surface area contributed by atoms with Crippen LogP contribution in [0.3, 0.4) is 0 Å². The molecule has 7 nitrogen and oxygen atoms in total. The van der Waals surface area contributed by atoms with Crippen LogP contribution < -0.4 is 11.1 Å². The van der Waals surface area contributed by atoms with E-state index >= 15 is 0 Å². The zero-order valence-electron chi connectivity index (χ0n) is 11.1.